The highest BCUT2D eigenvalue weighted by molar-refractivity contribution is 7.69. The summed E-state index contributed by atoms with van der Waals surface area (Å²) in [4.78, 5) is 8.69. The predicted octanol–water partition coefficient (Wildman–Crippen LogP) is 6.83. The molecule has 0 aliphatic carbocycles. The molecule has 4 aromatic rings. The van der Waals surface area contributed by atoms with Crippen molar-refractivity contribution in [1.82, 2.24) is 9.97 Å². The van der Waals surface area contributed by atoms with E-state index in [4.69, 9.17) is 11.6 Å². The van der Waals surface area contributed by atoms with Gasteiger partial charge in [0.2, 0.25) is 0 Å². The quantitative estimate of drug-likeness (QED) is 0.298. The molecule has 1 atom stereocenters. The number of nitrogens with one attached hydrogen (secondary N) is 1. The lowest BCUT2D eigenvalue weighted by Crippen LogP contribution is -2.11. The lowest BCUT2D eigenvalue weighted by Gasteiger charge is -2.21. The Labute approximate surface area is 207 Å². The lowest BCUT2D eigenvalue weighted by atomic mass is 10.00. The zero-order valence-electron chi connectivity index (χ0n) is 19.5. The Morgan fingerprint density at radius 3 is 2.51 bits per heavy atom. The first-order chi connectivity index (χ1) is 16.5. The van der Waals surface area contributed by atoms with Crippen LogP contribution in [0.5, 0.6) is 0 Å². The monoisotopic (exact) mass is 510 g/mol. The van der Waals surface area contributed by atoms with Gasteiger partial charge in [-0.3, -0.25) is 9.97 Å². The van der Waals surface area contributed by atoms with Gasteiger partial charge in [-0.15, -0.1) is 0 Å². The average molecular weight is 511 g/mol. The van der Waals surface area contributed by atoms with E-state index in [0.717, 1.165) is 0 Å². The van der Waals surface area contributed by atoms with E-state index in [1.807, 2.05) is 0 Å². The van der Waals surface area contributed by atoms with E-state index in [9.17, 15) is 14.2 Å². The molecular weight excluding hydrogens is 489 g/mol. The summed E-state index contributed by atoms with van der Waals surface area (Å²) in [5, 5.41) is 13.6. The van der Waals surface area contributed by atoms with Gasteiger partial charge in [0.15, 0.2) is 0 Å². The van der Waals surface area contributed by atoms with Crippen LogP contribution in [0.1, 0.15) is 29.8 Å². The van der Waals surface area contributed by atoms with E-state index in [1.54, 1.807) is 45.4 Å². The fourth-order valence-corrected chi connectivity index (χ4v) is 4.87. The maximum absolute atomic E-state index is 15.1. The second kappa shape index (κ2) is 9.37. The molecule has 35 heavy (non-hydrogen) atoms. The van der Waals surface area contributed by atoms with Crippen molar-refractivity contribution in [2.45, 2.75) is 19.9 Å². The summed E-state index contributed by atoms with van der Waals surface area (Å²) in [5.41, 5.74) is 3.42. The highest BCUT2D eigenvalue weighted by Gasteiger charge is 2.20. The SMILES string of the molecule is Cc1nc2cc(F)c(-c3ccc(P(C)(C)=O)nc3)cc2c(NC(C)c2cc(F)ccc2C#N)c1Cl. The van der Waals surface area contributed by atoms with Crippen LogP contribution in [0.2, 0.25) is 5.02 Å². The Bertz CT molecular complexity index is 1540. The van der Waals surface area contributed by atoms with Gasteiger partial charge in [0, 0.05) is 28.8 Å². The summed E-state index contributed by atoms with van der Waals surface area (Å²) in [6.07, 6.45) is 1.49. The van der Waals surface area contributed by atoms with Gasteiger partial charge < -0.3 is 9.88 Å². The molecule has 0 bridgehead atoms. The summed E-state index contributed by atoms with van der Waals surface area (Å²) in [6, 6.07) is 11.8. The van der Waals surface area contributed by atoms with Gasteiger partial charge in [-0.1, -0.05) is 17.7 Å². The molecule has 0 spiro atoms. The van der Waals surface area contributed by atoms with Crippen molar-refractivity contribution < 1.29 is 13.3 Å². The fraction of sp³-hybridized carbons (Fsp3) is 0.192. The zero-order chi connectivity index (χ0) is 25.5. The third-order valence-electron chi connectivity index (χ3n) is 5.75. The Morgan fingerprint density at radius 2 is 1.89 bits per heavy atom. The van der Waals surface area contributed by atoms with Crippen molar-refractivity contribution in [3.63, 3.8) is 0 Å². The van der Waals surface area contributed by atoms with Gasteiger partial charge in [-0.2, -0.15) is 5.26 Å². The number of anilines is 1. The topological polar surface area (TPSA) is 78.7 Å². The number of aryl methyl sites for hydroxylation is 1. The third kappa shape index (κ3) is 4.91. The summed E-state index contributed by atoms with van der Waals surface area (Å²) in [6.45, 7) is 6.74. The number of halogens is 3. The number of hydrogen-bond acceptors (Lipinski definition) is 5. The van der Waals surface area contributed by atoms with E-state index in [-0.39, 0.29) is 5.56 Å². The summed E-state index contributed by atoms with van der Waals surface area (Å²) in [7, 11) is -2.55. The Hall–Kier alpha value is -3.33. The van der Waals surface area contributed by atoms with Crippen LogP contribution >= 0.6 is 18.7 Å². The summed E-state index contributed by atoms with van der Waals surface area (Å²) < 4.78 is 41.3. The molecule has 1 unspecified atom stereocenters. The second-order valence-electron chi connectivity index (χ2n) is 8.70. The molecule has 0 aliphatic rings. The average Bonchev–Trinajstić information content (AvgIpc) is 2.81. The number of aromatic nitrogens is 2. The van der Waals surface area contributed by atoms with Crippen molar-refractivity contribution in [3.8, 4) is 17.2 Å². The highest BCUT2D eigenvalue weighted by atomic mass is 35.5. The normalized spacial score (nSPS) is 12.4. The number of benzene rings is 2. The van der Waals surface area contributed by atoms with E-state index >= 15 is 4.39 Å². The lowest BCUT2D eigenvalue weighted by molar-refractivity contribution is 0.588. The van der Waals surface area contributed by atoms with Crippen LogP contribution < -0.4 is 10.8 Å². The van der Waals surface area contributed by atoms with Gasteiger partial charge in [-0.25, -0.2) is 8.78 Å². The highest BCUT2D eigenvalue weighted by Crippen LogP contribution is 2.39. The van der Waals surface area contributed by atoms with Crippen LogP contribution in [-0.4, -0.2) is 23.3 Å². The second-order valence-corrected chi connectivity index (χ2v) is 12.2. The first kappa shape index (κ1) is 24.8. The van der Waals surface area contributed by atoms with Crippen molar-refractivity contribution in [1.29, 1.82) is 5.26 Å². The first-order valence-corrected chi connectivity index (χ1v) is 13.7. The van der Waals surface area contributed by atoms with Gasteiger partial charge in [0.1, 0.15) is 18.8 Å². The molecule has 4 rings (SSSR count). The molecule has 0 saturated heterocycles. The van der Waals surface area contributed by atoms with Crippen molar-refractivity contribution >= 4 is 40.8 Å². The fourth-order valence-electron chi connectivity index (χ4n) is 3.90. The minimum Gasteiger partial charge on any atom is -0.377 e. The van der Waals surface area contributed by atoms with Crippen molar-refractivity contribution in [3.05, 3.63) is 82.1 Å². The van der Waals surface area contributed by atoms with Gasteiger partial charge in [0.25, 0.3) is 0 Å². The number of hydrogen-bond donors (Lipinski definition) is 1. The van der Waals surface area contributed by atoms with Crippen LogP contribution in [0.25, 0.3) is 22.0 Å². The minimum atomic E-state index is -2.55. The smallest absolute Gasteiger partial charge is 0.133 e. The molecule has 0 fully saturated rings. The van der Waals surface area contributed by atoms with Gasteiger partial charge in [-0.05, 0) is 63.1 Å². The Balaban J connectivity index is 1.85. The number of pyridine rings is 2. The van der Waals surface area contributed by atoms with Crippen LogP contribution in [0.4, 0.5) is 14.5 Å². The molecule has 2 aromatic carbocycles. The van der Waals surface area contributed by atoms with Crippen LogP contribution in [-0.2, 0) is 4.57 Å². The molecule has 5 nitrogen and oxygen atoms in total. The number of nitrogens with zero attached hydrogens (tertiary/aromatic N) is 3. The molecule has 2 heterocycles. The number of rotatable bonds is 5. The summed E-state index contributed by atoms with van der Waals surface area (Å²) in [5.74, 6) is -0.952. The standard InChI is InChI=1S/C26H22ClF2N4OP/c1-14(19-9-18(28)7-5-16(19)12-30)33-26-21-10-20(17-6-8-24(31-13-17)35(3,4)34)22(29)11-23(21)32-15(2)25(26)27/h5-11,13-14H,1-4H3,(H,32,33). The minimum absolute atomic E-state index is 0.277. The van der Waals surface area contributed by atoms with E-state index in [1.165, 1.54) is 30.5 Å². The third-order valence-corrected chi connectivity index (χ3v) is 7.58. The van der Waals surface area contributed by atoms with E-state index in [0.29, 0.717) is 49.4 Å². The molecule has 0 radical (unpaired) electrons. The molecular formula is C26H22ClF2N4OP. The van der Waals surface area contributed by atoms with Gasteiger partial charge >= 0.3 is 0 Å². The van der Waals surface area contributed by atoms with Crippen molar-refractivity contribution in [2.75, 3.05) is 18.6 Å². The van der Waals surface area contributed by atoms with Crippen LogP contribution in [0, 0.1) is 29.9 Å². The Kier molecular flexibility index (Phi) is 6.64. The zero-order valence-corrected chi connectivity index (χ0v) is 21.2. The molecule has 1 N–H and O–H groups in total. The van der Waals surface area contributed by atoms with E-state index < -0.39 is 24.8 Å². The van der Waals surface area contributed by atoms with Crippen LogP contribution in [0.15, 0.2) is 48.7 Å². The molecule has 178 valence electrons. The molecule has 0 aliphatic heterocycles. The Morgan fingerprint density at radius 1 is 1.14 bits per heavy atom. The number of nitriles is 1. The first-order valence-electron chi connectivity index (χ1n) is 10.8. The maximum Gasteiger partial charge on any atom is 0.133 e. The number of fused-ring (bicyclic) bond motifs is 1. The van der Waals surface area contributed by atoms with E-state index in [2.05, 4.69) is 21.4 Å². The molecule has 9 heteroatoms. The maximum atomic E-state index is 15.1. The predicted molar refractivity (Wildman–Crippen MR) is 137 cm³/mol. The summed E-state index contributed by atoms with van der Waals surface area (Å²) >= 11 is 6.62. The molecule has 0 amide bonds. The van der Waals surface area contributed by atoms with Gasteiger partial charge in [0.05, 0.1) is 45.0 Å². The molecule has 0 saturated carbocycles. The van der Waals surface area contributed by atoms with Crippen molar-refractivity contribution in [2.24, 2.45) is 0 Å². The van der Waals surface area contributed by atoms with Crippen LogP contribution in [0.3, 0.4) is 0 Å². The molecule has 2 aromatic heterocycles. The largest absolute Gasteiger partial charge is 0.377 e.